The predicted molar refractivity (Wildman–Crippen MR) is 73.3 cm³/mol. The molecule has 0 spiro atoms. The van der Waals surface area contributed by atoms with Gasteiger partial charge in [-0.2, -0.15) is 0 Å². The van der Waals surface area contributed by atoms with Gasteiger partial charge >= 0.3 is 0 Å². The molecular weight excluding hydrogens is 257 g/mol. The van der Waals surface area contributed by atoms with Gasteiger partial charge in [0.1, 0.15) is 11.6 Å². The molecule has 2 heterocycles. The molecule has 0 saturated heterocycles. The molecule has 100 valence electrons. The first-order valence-electron chi connectivity index (χ1n) is 6.07. The van der Waals surface area contributed by atoms with Crippen molar-refractivity contribution < 1.29 is 9.13 Å². The van der Waals surface area contributed by atoms with E-state index >= 15 is 0 Å². The van der Waals surface area contributed by atoms with Crippen LogP contribution in [0.25, 0.3) is 17.1 Å². The smallest absolute Gasteiger partial charge is 0.212 e. The highest BCUT2D eigenvalue weighted by atomic mass is 19.1. The van der Waals surface area contributed by atoms with E-state index in [0.717, 1.165) is 17.1 Å². The SMILES string of the molecule is COc1ccc(-c2nccn2-c2ccc(F)cc2)cn1. The van der Waals surface area contributed by atoms with Crippen LogP contribution in [0, 0.1) is 5.82 Å². The zero-order chi connectivity index (χ0) is 13.9. The first-order valence-corrected chi connectivity index (χ1v) is 6.07. The normalized spacial score (nSPS) is 10.5. The van der Waals surface area contributed by atoms with Crippen molar-refractivity contribution in [1.29, 1.82) is 0 Å². The van der Waals surface area contributed by atoms with Crippen molar-refractivity contribution in [3.63, 3.8) is 0 Å². The van der Waals surface area contributed by atoms with E-state index in [9.17, 15) is 4.39 Å². The van der Waals surface area contributed by atoms with Crippen LogP contribution in [-0.2, 0) is 0 Å². The Morgan fingerprint density at radius 2 is 1.85 bits per heavy atom. The lowest BCUT2D eigenvalue weighted by Crippen LogP contribution is -1.97. The van der Waals surface area contributed by atoms with E-state index in [4.69, 9.17) is 4.74 Å². The molecular formula is C15H12FN3O. The number of pyridine rings is 1. The summed E-state index contributed by atoms with van der Waals surface area (Å²) in [6, 6.07) is 9.92. The third kappa shape index (κ3) is 2.25. The number of imidazole rings is 1. The number of hydrogen-bond donors (Lipinski definition) is 0. The maximum Gasteiger partial charge on any atom is 0.212 e. The number of aromatic nitrogens is 3. The largest absolute Gasteiger partial charge is 0.481 e. The van der Waals surface area contributed by atoms with Crippen LogP contribution in [0.5, 0.6) is 5.88 Å². The van der Waals surface area contributed by atoms with Crippen molar-refractivity contribution in [3.8, 4) is 23.0 Å². The van der Waals surface area contributed by atoms with Crippen molar-refractivity contribution in [3.05, 3.63) is 60.8 Å². The summed E-state index contributed by atoms with van der Waals surface area (Å²) in [7, 11) is 1.57. The summed E-state index contributed by atoms with van der Waals surface area (Å²) in [4.78, 5) is 8.50. The monoisotopic (exact) mass is 269 g/mol. The van der Waals surface area contributed by atoms with Crippen LogP contribution in [0.2, 0.25) is 0 Å². The van der Waals surface area contributed by atoms with Crippen LogP contribution >= 0.6 is 0 Å². The van der Waals surface area contributed by atoms with Gasteiger partial charge in [-0.05, 0) is 30.3 Å². The third-order valence-corrected chi connectivity index (χ3v) is 2.95. The van der Waals surface area contributed by atoms with Crippen LogP contribution in [0.1, 0.15) is 0 Å². The minimum Gasteiger partial charge on any atom is -0.481 e. The highest BCUT2D eigenvalue weighted by molar-refractivity contribution is 5.58. The molecule has 0 aliphatic rings. The Balaban J connectivity index is 2.02. The molecule has 0 aliphatic heterocycles. The summed E-state index contributed by atoms with van der Waals surface area (Å²) in [6.45, 7) is 0. The maximum absolute atomic E-state index is 13.0. The first-order chi connectivity index (χ1) is 9.78. The van der Waals surface area contributed by atoms with Crippen LogP contribution in [0.3, 0.4) is 0 Å². The van der Waals surface area contributed by atoms with Gasteiger partial charge in [0.2, 0.25) is 5.88 Å². The standard InChI is InChI=1S/C15H12FN3O/c1-20-14-7-2-11(10-18-14)15-17-8-9-19(15)13-5-3-12(16)4-6-13/h2-10H,1H3. The Kier molecular flexibility index (Phi) is 3.16. The Morgan fingerprint density at radius 3 is 2.50 bits per heavy atom. The minimum absolute atomic E-state index is 0.262. The lowest BCUT2D eigenvalue weighted by Gasteiger charge is -2.08. The molecule has 0 saturated carbocycles. The number of nitrogens with zero attached hydrogens (tertiary/aromatic N) is 3. The quantitative estimate of drug-likeness (QED) is 0.733. The molecule has 20 heavy (non-hydrogen) atoms. The topological polar surface area (TPSA) is 39.9 Å². The molecule has 0 aliphatic carbocycles. The molecule has 0 atom stereocenters. The van der Waals surface area contributed by atoms with E-state index in [0.29, 0.717) is 5.88 Å². The third-order valence-electron chi connectivity index (χ3n) is 2.95. The Morgan fingerprint density at radius 1 is 1.05 bits per heavy atom. The van der Waals surface area contributed by atoms with Gasteiger partial charge in [-0.15, -0.1) is 0 Å². The average molecular weight is 269 g/mol. The van der Waals surface area contributed by atoms with Gasteiger partial charge in [-0.1, -0.05) is 0 Å². The molecule has 3 aromatic rings. The molecule has 5 heteroatoms. The molecule has 0 radical (unpaired) electrons. The van der Waals surface area contributed by atoms with Gasteiger partial charge in [0, 0.05) is 35.9 Å². The maximum atomic E-state index is 13.0. The Labute approximate surface area is 115 Å². The number of ether oxygens (including phenoxy) is 1. The van der Waals surface area contributed by atoms with Gasteiger partial charge < -0.3 is 4.74 Å². The summed E-state index contributed by atoms with van der Waals surface area (Å²) in [5.74, 6) is 1.03. The Hall–Kier alpha value is -2.69. The van der Waals surface area contributed by atoms with Crippen LogP contribution in [0.15, 0.2) is 55.0 Å². The van der Waals surface area contributed by atoms with Gasteiger partial charge in [-0.3, -0.25) is 4.57 Å². The van der Waals surface area contributed by atoms with E-state index in [1.807, 2.05) is 16.8 Å². The molecule has 0 bridgehead atoms. The van der Waals surface area contributed by atoms with Crippen LogP contribution in [0.4, 0.5) is 4.39 Å². The van der Waals surface area contributed by atoms with Crippen molar-refractivity contribution in [2.24, 2.45) is 0 Å². The summed E-state index contributed by atoms with van der Waals surface area (Å²) in [5, 5.41) is 0. The number of halogens is 1. The zero-order valence-electron chi connectivity index (χ0n) is 10.8. The van der Waals surface area contributed by atoms with Gasteiger partial charge in [0.25, 0.3) is 0 Å². The fraction of sp³-hybridized carbons (Fsp3) is 0.0667. The zero-order valence-corrected chi connectivity index (χ0v) is 10.8. The highest BCUT2D eigenvalue weighted by Crippen LogP contribution is 2.22. The molecule has 0 amide bonds. The summed E-state index contributed by atoms with van der Waals surface area (Å²) in [6.07, 6.45) is 5.22. The second kappa shape index (κ2) is 5.13. The van der Waals surface area contributed by atoms with Gasteiger partial charge in [-0.25, -0.2) is 14.4 Å². The molecule has 2 aromatic heterocycles. The van der Waals surface area contributed by atoms with E-state index in [1.165, 1.54) is 12.1 Å². The molecule has 0 unspecified atom stereocenters. The average Bonchev–Trinajstić information content (AvgIpc) is 2.97. The van der Waals surface area contributed by atoms with E-state index < -0.39 is 0 Å². The highest BCUT2D eigenvalue weighted by Gasteiger charge is 2.08. The summed E-state index contributed by atoms with van der Waals surface area (Å²) >= 11 is 0. The van der Waals surface area contributed by atoms with Crippen molar-refractivity contribution in [2.75, 3.05) is 7.11 Å². The Bertz CT molecular complexity index is 705. The number of rotatable bonds is 3. The van der Waals surface area contributed by atoms with E-state index in [1.54, 1.807) is 37.7 Å². The fourth-order valence-corrected chi connectivity index (χ4v) is 1.96. The number of methoxy groups -OCH3 is 1. The second-order valence-electron chi connectivity index (χ2n) is 4.19. The summed E-state index contributed by atoms with van der Waals surface area (Å²) in [5.41, 5.74) is 1.70. The van der Waals surface area contributed by atoms with Crippen molar-refractivity contribution in [2.45, 2.75) is 0 Å². The molecule has 0 fully saturated rings. The lowest BCUT2D eigenvalue weighted by atomic mass is 10.2. The van der Waals surface area contributed by atoms with Gasteiger partial charge in [0.05, 0.1) is 7.11 Å². The predicted octanol–water partition coefficient (Wildman–Crippen LogP) is 3.08. The molecule has 3 rings (SSSR count). The van der Waals surface area contributed by atoms with E-state index in [2.05, 4.69) is 9.97 Å². The van der Waals surface area contributed by atoms with Crippen LogP contribution < -0.4 is 4.74 Å². The lowest BCUT2D eigenvalue weighted by molar-refractivity contribution is 0.398. The number of hydrogen-bond acceptors (Lipinski definition) is 3. The molecule has 0 N–H and O–H groups in total. The first kappa shape index (κ1) is 12.3. The fourth-order valence-electron chi connectivity index (χ4n) is 1.96. The minimum atomic E-state index is -0.262. The van der Waals surface area contributed by atoms with Crippen LogP contribution in [-0.4, -0.2) is 21.6 Å². The second-order valence-corrected chi connectivity index (χ2v) is 4.19. The summed E-state index contributed by atoms with van der Waals surface area (Å²) < 4.78 is 19.9. The number of benzene rings is 1. The van der Waals surface area contributed by atoms with Crippen molar-refractivity contribution in [1.82, 2.24) is 14.5 Å². The van der Waals surface area contributed by atoms with E-state index in [-0.39, 0.29) is 5.82 Å². The molecule has 4 nitrogen and oxygen atoms in total. The van der Waals surface area contributed by atoms with Gasteiger partial charge in [0.15, 0.2) is 0 Å². The van der Waals surface area contributed by atoms with Crippen molar-refractivity contribution >= 4 is 0 Å². The molecule has 1 aromatic carbocycles.